The molecule has 1 aliphatic carbocycles. The van der Waals surface area contributed by atoms with Gasteiger partial charge in [-0.2, -0.15) is 0 Å². The average Bonchev–Trinajstić information content (AvgIpc) is 2.89. The molecule has 82 valence electrons. The molecule has 1 aromatic rings. The molecule has 2 N–H and O–H groups in total. The van der Waals surface area contributed by atoms with Crippen LogP contribution in [-0.2, 0) is 12.8 Å². The van der Waals surface area contributed by atoms with Crippen LogP contribution in [0.15, 0.2) is 12.1 Å². The van der Waals surface area contributed by atoms with Crippen molar-refractivity contribution in [3.8, 4) is 0 Å². The van der Waals surface area contributed by atoms with Crippen LogP contribution in [0.3, 0.4) is 0 Å². The maximum absolute atomic E-state index is 13.5. The molecule has 1 fully saturated rings. The molecule has 0 heterocycles. The van der Waals surface area contributed by atoms with Crippen LogP contribution in [0.1, 0.15) is 30.9 Å². The van der Waals surface area contributed by atoms with Crippen molar-refractivity contribution in [3.63, 3.8) is 0 Å². The van der Waals surface area contributed by atoms with Gasteiger partial charge in [0.1, 0.15) is 5.82 Å². The van der Waals surface area contributed by atoms with Crippen molar-refractivity contribution in [3.05, 3.63) is 34.1 Å². The highest BCUT2D eigenvalue weighted by Gasteiger charge is 2.38. The van der Waals surface area contributed by atoms with Crippen molar-refractivity contribution in [2.45, 2.75) is 38.1 Å². The van der Waals surface area contributed by atoms with Crippen molar-refractivity contribution in [2.75, 3.05) is 0 Å². The van der Waals surface area contributed by atoms with Crippen molar-refractivity contribution in [2.24, 2.45) is 5.73 Å². The van der Waals surface area contributed by atoms with E-state index in [2.05, 4.69) is 0 Å². The van der Waals surface area contributed by atoms with Crippen molar-refractivity contribution in [1.29, 1.82) is 0 Å². The van der Waals surface area contributed by atoms with Gasteiger partial charge >= 0.3 is 0 Å². The van der Waals surface area contributed by atoms with Gasteiger partial charge in [0.15, 0.2) is 0 Å². The highest BCUT2D eigenvalue weighted by molar-refractivity contribution is 6.30. The Morgan fingerprint density at radius 2 is 2.13 bits per heavy atom. The number of halogens is 2. The van der Waals surface area contributed by atoms with Crippen LogP contribution in [0.5, 0.6) is 0 Å². The second kappa shape index (κ2) is 3.76. The first kappa shape index (κ1) is 10.9. The molecule has 1 aliphatic rings. The van der Waals surface area contributed by atoms with Gasteiger partial charge in [0.2, 0.25) is 0 Å². The second-order valence-electron chi connectivity index (χ2n) is 4.44. The molecule has 15 heavy (non-hydrogen) atoms. The minimum Gasteiger partial charge on any atom is -0.325 e. The maximum Gasteiger partial charge on any atom is 0.144 e. The summed E-state index contributed by atoms with van der Waals surface area (Å²) < 4.78 is 13.5. The van der Waals surface area contributed by atoms with Crippen molar-refractivity contribution in [1.82, 2.24) is 0 Å². The molecule has 0 unspecified atom stereocenters. The molecule has 0 atom stereocenters. The Hall–Kier alpha value is -0.600. The zero-order valence-corrected chi connectivity index (χ0v) is 9.57. The van der Waals surface area contributed by atoms with Crippen LogP contribution in [-0.4, -0.2) is 5.54 Å². The summed E-state index contributed by atoms with van der Waals surface area (Å²) in [6, 6.07) is 3.58. The normalized spacial score (nSPS) is 17.9. The van der Waals surface area contributed by atoms with Gasteiger partial charge in [0, 0.05) is 5.54 Å². The summed E-state index contributed by atoms with van der Waals surface area (Å²) in [5, 5.41) is 0.216. The quantitative estimate of drug-likeness (QED) is 0.844. The monoisotopic (exact) mass is 227 g/mol. The zero-order valence-electron chi connectivity index (χ0n) is 8.82. The van der Waals surface area contributed by atoms with Gasteiger partial charge in [-0.1, -0.05) is 24.6 Å². The Labute approximate surface area is 94.4 Å². The van der Waals surface area contributed by atoms with Crippen LogP contribution < -0.4 is 5.73 Å². The molecule has 1 nitrogen and oxygen atoms in total. The third-order valence-corrected chi connectivity index (χ3v) is 3.27. The lowest BCUT2D eigenvalue weighted by Crippen LogP contribution is -2.24. The van der Waals surface area contributed by atoms with Crippen LogP contribution in [0, 0.1) is 5.82 Å². The van der Waals surface area contributed by atoms with Gasteiger partial charge in [-0.3, -0.25) is 0 Å². The molecule has 0 aromatic heterocycles. The minimum absolute atomic E-state index is 0.0494. The van der Waals surface area contributed by atoms with E-state index in [0.29, 0.717) is 12.0 Å². The van der Waals surface area contributed by atoms with Crippen LogP contribution in [0.2, 0.25) is 5.02 Å². The summed E-state index contributed by atoms with van der Waals surface area (Å²) in [6.07, 6.45) is 3.59. The molecular formula is C12H15ClFN. The van der Waals surface area contributed by atoms with E-state index in [1.807, 2.05) is 13.0 Å². The van der Waals surface area contributed by atoms with Gasteiger partial charge in [-0.05, 0) is 42.9 Å². The number of aryl methyl sites for hydroxylation is 1. The van der Waals surface area contributed by atoms with E-state index in [1.54, 1.807) is 6.07 Å². The van der Waals surface area contributed by atoms with Gasteiger partial charge in [-0.25, -0.2) is 4.39 Å². The Bertz CT molecular complexity index is 385. The van der Waals surface area contributed by atoms with Crippen LogP contribution in [0.4, 0.5) is 4.39 Å². The SMILES string of the molecule is CCc1cc(CC2(N)CC2)cc(Cl)c1F. The van der Waals surface area contributed by atoms with E-state index in [-0.39, 0.29) is 16.4 Å². The smallest absolute Gasteiger partial charge is 0.144 e. The van der Waals surface area contributed by atoms with Crippen LogP contribution in [0.25, 0.3) is 0 Å². The number of benzene rings is 1. The predicted octanol–water partition coefficient (Wildman–Crippen LogP) is 3.08. The molecule has 0 radical (unpaired) electrons. The van der Waals surface area contributed by atoms with E-state index < -0.39 is 0 Å². The molecule has 2 rings (SSSR count). The van der Waals surface area contributed by atoms with Gasteiger partial charge in [0.05, 0.1) is 5.02 Å². The number of hydrogen-bond donors (Lipinski definition) is 1. The maximum atomic E-state index is 13.5. The lowest BCUT2D eigenvalue weighted by molar-refractivity contribution is 0.608. The highest BCUT2D eigenvalue weighted by atomic mass is 35.5. The first-order valence-corrected chi connectivity index (χ1v) is 5.67. The summed E-state index contributed by atoms with van der Waals surface area (Å²) in [7, 11) is 0. The molecule has 0 aliphatic heterocycles. The summed E-state index contributed by atoms with van der Waals surface area (Å²) >= 11 is 5.83. The minimum atomic E-state index is -0.287. The lowest BCUT2D eigenvalue weighted by Gasteiger charge is -2.11. The molecule has 0 spiro atoms. The summed E-state index contributed by atoms with van der Waals surface area (Å²) in [4.78, 5) is 0. The third-order valence-electron chi connectivity index (χ3n) is 2.99. The van der Waals surface area contributed by atoms with Gasteiger partial charge < -0.3 is 5.73 Å². The van der Waals surface area contributed by atoms with E-state index in [4.69, 9.17) is 17.3 Å². The first-order valence-electron chi connectivity index (χ1n) is 5.30. The fourth-order valence-corrected chi connectivity index (χ4v) is 2.07. The summed E-state index contributed by atoms with van der Waals surface area (Å²) in [6.45, 7) is 1.92. The first-order chi connectivity index (χ1) is 7.04. The fourth-order valence-electron chi connectivity index (χ4n) is 1.81. The number of rotatable bonds is 3. The van der Waals surface area contributed by atoms with E-state index in [9.17, 15) is 4.39 Å². The summed E-state index contributed by atoms with van der Waals surface area (Å²) in [5.74, 6) is -0.287. The fraction of sp³-hybridized carbons (Fsp3) is 0.500. The molecule has 1 aromatic carbocycles. The second-order valence-corrected chi connectivity index (χ2v) is 4.85. The highest BCUT2D eigenvalue weighted by Crippen LogP contribution is 2.36. The van der Waals surface area contributed by atoms with E-state index in [0.717, 1.165) is 24.8 Å². The lowest BCUT2D eigenvalue weighted by atomic mass is 10.0. The Kier molecular flexibility index (Phi) is 2.73. The topological polar surface area (TPSA) is 26.0 Å². The summed E-state index contributed by atoms with van der Waals surface area (Å²) in [5.41, 5.74) is 7.71. The Balaban J connectivity index is 2.28. The van der Waals surface area contributed by atoms with E-state index in [1.165, 1.54) is 0 Å². The van der Waals surface area contributed by atoms with Crippen molar-refractivity contribution < 1.29 is 4.39 Å². The largest absolute Gasteiger partial charge is 0.325 e. The predicted molar refractivity (Wildman–Crippen MR) is 60.6 cm³/mol. The molecule has 0 amide bonds. The number of hydrogen-bond acceptors (Lipinski definition) is 1. The average molecular weight is 228 g/mol. The number of nitrogens with two attached hydrogens (primary N) is 1. The van der Waals surface area contributed by atoms with Gasteiger partial charge in [0.25, 0.3) is 0 Å². The van der Waals surface area contributed by atoms with Crippen LogP contribution >= 0.6 is 11.6 Å². The molecule has 0 saturated heterocycles. The molecule has 0 bridgehead atoms. The van der Waals surface area contributed by atoms with Gasteiger partial charge in [-0.15, -0.1) is 0 Å². The standard InChI is InChI=1S/C12H15ClFN/c1-2-9-5-8(6-10(13)11(9)14)7-12(15)3-4-12/h5-6H,2-4,7,15H2,1H3. The molecular weight excluding hydrogens is 213 g/mol. The Morgan fingerprint density at radius 3 is 2.67 bits per heavy atom. The molecule has 1 saturated carbocycles. The van der Waals surface area contributed by atoms with E-state index >= 15 is 0 Å². The third kappa shape index (κ3) is 2.32. The molecule has 3 heteroatoms. The Morgan fingerprint density at radius 1 is 1.47 bits per heavy atom. The van der Waals surface area contributed by atoms with Crippen molar-refractivity contribution >= 4 is 11.6 Å². The zero-order chi connectivity index (χ0) is 11.1.